The summed E-state index contributed by atoms with van der Waals surface area (Å²) in [6.45, 7) is 15.1. The molecule has 0 atom stereocenters. The maximum atomic E-state index is 4.61. The molecule has 4 aromatic rings. The van der Waals surface area contributed by atoms with Gasteiger partial charge in [0.1, 0.15) is 6.33 Å². The molecule has 26 heavy (non-hydrogen) atoms. The van der Waals surface area contributed by atoms with E-state index in [2.05, 4.69) is 77.3 Å². The van der Waals surface area contributed by atoms with Crippen LogP contribution in [0.2, 0.25) is 0 Å². The summed E-state index contributed by atoms with van der Waals surface area (Å²) in [6.07, 6.45) is 1.93. The van der Waals surface area contributed by atoms with Crippen molar-refractivity contribution in [3.63, 3.8) is 0 Å². The first-order chi connectivity index (χ1) is 12.6. The molecule has 0 fully saturated rings. The molecular weight excluding hydrogens is 320 g/mol. The maximum Gasteiger partial charge on any atom is 0.100 e. The van der Waals surface area contributed by atoms with E-state index in [1.807, 2.05) is 6.33 Å². The standard InChI is InChI=1S/C22H26N4/c1-5-25(6-2)12-11-23-18-8-9-19-22-21(18)16(4)17-13-15(3)7-10-20(17)26(22)14-24-19/h7-10,13-14,23H,4-6,11-12H2,1-3H3. The molecule has 4 rings (SSSR count). The fourth-order valence-corrected chi connectivity index (χ4v) is 3.87. The van der Waals surface area contributed by atoms with Gasteiger partial charge in [0, 0.05) is 29.5 Å². The van der Waals surface area contributed by atoms with Gasteiger partial charge in [0.25, 0.3) is 0 Å². The fourth-order valence-electron chi connectivity index (χ4n) is 3.87. The molecule has 0 aliphatic rings. The van der Waals surface area contributed by atoms with Crippen LogP contribution in [0.15, 0.2) is 36.7 Å². The number of fused-ring (bicyclic) bond motifs is 2. The average molecular weight is 346 g/mol. The van der Waals surface area contributed by atoms with Gasteiger partial charge in [-0.15, -0.1) is 0 Å². The van der Waals surface area contributed by atoms with Gasteiger partial charge in [-0.3, -0.25) is 4.40 Å². The molecule has 0 spiro atoms. The molecule has 0 radical (unpaired) electrons. The van der Waals surface area contributed by atoms with E-state index < -0.39 is 0 Å². The summed E-state index contributed by atoms with van der Waals surface area (Å²) < 4.78 is 2.20. The van der Waals surface area contributed by atoms with Crippen molar-refractivity contribution in [3.8, 4) is 0 Å². The van der Waals surface area contributed by atoms with Crippen molar-refractivity contribution < 1.29 is 0 Å². The quantitative estimate of drug-likeness (QED) is 0.539. The number of imidazole rings is 1. The molecule has 0 saturated carbocycles. The highest BCUT2D eigenvalue weighted by Gasteiger charge is 2.13. The Kier molecular flexibility index (Phi) is 4.29. The van der Waals surface area contributed by atoms with Gasteiger partial charge in [0.15, 0.2) is 0 Å². The van der Waals surface area contributed by atoms with Crippen molar-refractivity contribution in [3.05, 3.63) is 47.4 Å². The third-order valence-corrected chi connectivity index (χ3v) is 5.39. The van der Waals surface area contributed by atoms with Crippen molar-refractivity contribution in [2.75, 3.05) is 31.5 Å². The van der Waals surface area contributed by atoms with E-state index in [-0.39, 0.29) is 0 Å². The van der Waals surface area contributed by atoms with E-state index in [9.17, 15) is 0 Å². The summed E-state index contributed by atoms with van der Waals surface area (Å²) in [5.74, 6) is 0. The highest BCUT2D eigenvalue weighted by molar-refractivity contribution is 6.07. The number of nitrogens with zero attached hydrogens (tertiary/aromatic N) is 3. The van der Waals surface area contributed by atoms with Crippen molar-refractivity contribution in [1.82, 2.24) is 14.3 Å². The maximum absolute atomic E-state index is 4.61. The van der Waals surface area contributed by atoms with Crippen LogP contribution in [0, 0.1) is 6.92 Å². The van der Waals surface area contributed by atoms with Gasteiger partial charge in [-0.25, -0.2) is 4.98 Å². The van der Waals surface area contributed by atoms with Crippen molar-refractivity contribution >= 4 is 39.6 Å². The number of hydrogen-bond donors (Lipinski definition) is 1. The summed E-state index contributed by atoms with van der Waals surface area (Å²) in [5.41, 5.74) is 5.72. The van der Waals surface area contributed by atoms with E-state index >= 15 is 0 Å². The monoisotopic (exact) mass is 346 g/mol. The molecular formula is C22H26N4. The van der Waals surface area contributed by atoms with Crippen molar-refractivity contribution in [2.24, 2.45) is 0 Å². The molecule has 134 valence electrons. The zero-order chi connectivity index (χ0) is 18.3. The first kappa shape index (κ1) is 16.9. The first-order valence-corrected chi connectivity index (χ1v) is 9.41. The minimum absolute atomic E-state index is 0.919. The number of aromatic nitrogens is 2. The SMILES string of the molecule is C=c1c2cc(C)ccc2n2cnc3ccc(NCCN(CC)CC)c1c32. The number of pyridine rings is 1. The zero-order valence-corrected chi connectivity index (χ0v) is 15.8. The lowest BCUT2D eigenvalue weighted by atomic mass is 10.0. The smallest absolute Gasteiger partial charge is 0.100 e. The molecule has 0 unspecified atom stereocenters. The van der Waals surface area contributed by atoms with E-state index in [1.165, 1.54) is 16.3 Å². The molecule has 0 aliphatic carbocycles. The van der Waals surface area contributed by atoms with Crippen LogP contribution in [0.3, 0.4) is 0 Å². The molecule has 4 nitrogen and oxygen atoms in total. The Hall–Kier alpha value is -2.59. The predicted octanol–water partition coefficient (Wildman–Crippen LogP) is 3.83. The molecule has 2 aromatic carbocycles. The lowest BCUT2D eigenvalue weighted by Gasteiger charge is -2.19. The summed E-state index contributed by atoms with van der Waals surface area (Å²) in [6, 6.07) is 10.8. The Morgan fingerprint density at radius 3 is 2.73 bits per heavy atom. The number of rotatable bonds is 6. The first-order valence-electron chi connectivity index (χ1n) is 9.41. The third-order valence-electron chi connectivity index (χ3n) is 5.39. The largest absolute Gasteiger partial charge is 0.383 e. The van der Waals surface area contributed by atoms with E-state index in [0.29, 0.717) is 0 Å². The minimum atomic E-state index is 0.919. The molecule has 1 N–H and O–H groups in total. The van der Waals surface area contributed by atoms with Gasteiger partial charge in [-0.2, -0.15) is 0 Å². The number of nitrogens with one attached hydrogen (secondary N) is 1. The van der Waals surface area contributed by atoms with Crippen molar-refractivity contribution in [2.45, 2.75) is 20.8 Å². The van der Waals surface area contributed by atoms with E-state index in [0.717, 1.165) is 53.6 Å². The second-order valence-corrected chi connectivity index (χ2v) is 6.92. The van der Waals surface area contributed by atoms with Crippen LogP contribution < -0.4 is 10.5 Å². The van der Waals surface area contributed by atoms with Gasteiger partial charge in [0.2, 0.25) is 0 Å². The summed E-state index contributed by atoms with van der Waals surface area (Å²) in [7, 11) is 0. The number of likely N-dealkylation sites (N-methyl/N-ethyl adjacent to an activating group) is 1. The Balaban J connectivity index is 1.87. The Labute approximate surface area is 154 Å². The molecule has 0 aliphatic heterocycles. The summed E-state index contributed by atoms with van der Waals surface area (Å²) in [4.78, 5) is 7.03. The lowest BCUT2D eigenvalue weighted by molar-refractivity contribution is 0.316. The highest BCUT2D eigenvalue weighted by atomic mass is 15.1. The van der Waals surface area contributed by atoms with Gasteiger partial charge >= 0.3 is 0 Å². The average Bonchev–Trinajstić information content (AvgIpc) is 3.08. The van der Waals surface area contributed by atoms with Gasteiger partial charge < -0.3 is 10.2 Å². The van der Waals surface area contributed by atoms with Crippen LogP contribution >= 0.6 is 0 Å². The third kappa shape index (κ3) is 2.61. The minimum Gasteiger partial charge on any atom is -0.383 e. The van der Waals surface area contributed by atoms with Gasteiger partial charge in [0.05, 0.1) is 16.6 Å². The Morgan fingerprint density at radius 1 is 1.15 bits per heavy atom. The number of benzene rings is 2. The fraction of sp³-hybridized carbons (Fsp3) is 0.318. The van der Waals surface area contributed by atoms with Crippen LogP contribution in [0.4, 0.5) is 5.69 Å². The number of aryl methyl sites for hydroxylation is 1. The predicted molar refractivity (Wildman–Crippen MR) is 112 cm³/mol. The van der Waals surface area contributed by atoms with Crippen LogP contribution in [-0.2, 0) is 0 Å². The van der Waals surface area contributed by atoms with Crippen LogP contribution in [-0.4, -0.2) is 40.5 Å². The zero-order valence-electron chi connectivity index (χ0n) is 15.8. The van der Waals surface area contributed by atoms with Crippen LogP contribution in [0.25, 0.3) is 33.9 Å². The number of hydrogen-bond acceptors (Lipinski definition) is 3. The van der Waals surface area contributed by atoms with E-state index in [1.54, 1.807) is 0 Å². The summed E-state index contributed by atoms with van der Waals surface area (Å²) in [5, 5.41) is 7.08. The molecule has 2 heterocycles. The highest BCUT2D eigenvalue weighted by Crippen LogP contribution is 2.28. The van der Waals surface area contributed by atoms with Gasteiger partial charge in [-0.1, -0.05) is 32.1 Å². The molecule has 4 heteroatoms. The molecule has 2 aromatic heterocycles. The van der Waals surface area contributed by atoms with Crippen molar-refractivity contribution in [1.29, 1.82) is 0 Å². The number of anilines is 1. The second kappa shape index (κ2) is 6.61. The van der Waals surface area contributed by atoms with Gasteiger partial charge in [-0.05, 0) is 49.5 Å². The molecule has 0 saturated heterocycles. The molecule has 0 amide bonds. The second-order valence-electron chi connectivity index (χ2n) is 6.92. The normalized spacial score (nSPS) is 12.0. The topological polar surface area (TPSA) is 32.6 Å². The van der Waals surface area contributed by atoms with Crippen LogP contribution in [0.1, 0.15) is 19.4 Å². The van der Waals surface area contributed by atoms with Crippen LogP contribution in [0.5, 0.6) is 0 Å². The Morgan fingerprint density at radius 2 is 1.96 bits per heavy atom. The molecule has 0 bridgehead atoms. The summed E-state index contributed by atoms with van der Waals surface area (Å²) >= 11 is 0. The van der Waals surface area contributed by atoms with E-state index in [4.69, 9.17) is 0 Å². The Bertz CT molecular complexity index is 1120. The lowest BCUT2D eigenvalue weighted by Crippen LogP contribution is -2.28.